The Hall–Kier alpha value is -0.670. The summed E-state index contributed by atoms with van der Waals surface area (Å²) in [6, 6.07) is 8.92. The largest absolute Gasteiger partial charge is 0.497 e. The van der Waals surface area contributed by atoms with E-state index in [2.05, 4.69) is 38.2 Å². The maximum Gasteiger partial charge on any atom is 0.118 e. The van der Waals surface area contributed by atoms with Crippen LogP contribution in [0.15, 0.2) is 29.2 Å². The van der Waals surface area contributed by atoms with Crippen molar-refractivity contribution in [1.29, 1.82) is 0 Å². The zero-order valence-corrected chi connectivity index (χ0v) is 13.4. The lowest BCUT2D eigenvalue weighted by Gasteiger charge is -2.24. The number of hydrogen-bond acceptors (Lipinski definition) is 3. The molecule has 0 saturated carbocycles. The molecular weight excluding hydrogens is 254 g/mol. The SMILES string of the molecule is CCCNC(CSc1ccc(OC)cc1)C(C)CC. The molecule has 0 saturated heterocycles. The Labute approximate surface area is 122 Å². The van der Waals surface area contributed by atoms with Crippen LogP contribution in [0.3, 0.4) is 0 Å². The van der Waals surface area contributed by atoms with Gasteiger partial charge < -0.3 is 10.1 Å². The summed E-state index contributed by atoms with van der Waals surface area (Å²) in [7, 11) is 1.70. The number of benzene rings is 1. The second-order valence-electron chi connectivity index (χ2n) is 4.93. The van der Waals surface area contributed by atoms with Crippen molar-refractivity contribution in [1.82, 2.24) is 5.32 Å². The Bertz CT molecular complexity index is 339. The Kier molecular flexibility index (Phi) is 7.99. The summed E-state index contributed by atoms with van der Waals surface area (Å²) in [5, 5.41) is 3.67. The van der Waals surface area contributed by atoms with Crippen LogP contribution in [0.2, 0.25) is 0 Å². The molecule has 0 aliphatic rings. The lowest BCUT2D eigenvalue weighted by molar-refractivity contribution is 0.397. The van der Waals surface area contributed by atoms with E-state index in [1.165, 1.54) is 17.7 Å². The van der Waals surface area contributed by atoms with E-state index in [9.17, 15) is 0 Å². The fourth-order valence-corrected chi connectivity index (χ4v) is 3.04. The number of hydrogen-bond donors (Lipinski definition) is 1. The number of methoxy groups -OCH3 is 1. The van der Waals surface area contributed by atoms with E-state index in [-0.39, 0.29) is 0 Å². The summed E-state index contributed by atoms with van der Waals surface area (Å²) in [5.74, 6) is 2.77. The molecule has 0 aliphatic heterocycles. The van der Waals surface area contributed by atoms with Crippen molar-refractivity contribution in [2.24, 2.45) is 5.92 Å². The molecule has 1 rings (SSSR count). The molecule has 0 aliphatic carbocycles. The summed E-state index contributed by atoms with van der Waals surface area (Å²) in [4.78, 5) is 1.31. The van der Waals surface area contributed by atoms with E-state index in [1.54, 1.807) is 7.11 Å². The highest BCUT2D eigenvalue weighted by Crippen LogP contribution is 2.24. The second-order valence-corrected chi connectivity index (χ2v) is 6.03. The van der Waals surface area contributed by atoms with Crippen LogP contribution in [0, 0.1) is 5.92 Å². The Morgan fingerprint density at radius 3 is 2.42 bits per heavy atom. The lowest BCUT2D eigenvalue weighted by Crippen LogP contribution is -2.37. The maximum atomic E-state index is 5.18. The van der Waals surface area contributed by atoms with E-state index >= 15 is 0 Å². The van der Waals surface area contributed by atoms with Crippen molar-refractivity contribution in [3.05, 3.63) is 24.3 Å². The Morgan fingerprint density at radius 1 is 1.21 bits per heavy atom. The quantitative estimate of drug-likeness (QED) is 0.685. The molecule has 2 nitrogen and oxygen atoms in total. The van der Waals surface area contributed by atoms with Crippen molar-refractivity contribution in [2.45, 2.75) is 44.6 Å². The number of nitrogens with one attached hydrogen (secondary N) is 1. The van der Waals surface area contributed by atoms with Gasteiger partial charge in [-0.1, -0.05) is 27.2 Å². The lowest BCUT2D eigenvalue weighted by atomic mass is 10.0. The van der Waals surface area contributed by atoms with Gasteiger partial charge in [0.05, 0.1) is 7.11 Å². The van der Waals surface area contributed by atoms with Crippen LogP contribution in [0.1, 0.15) is 33.6 Å². The molecule has 0 bridgehead atoms. The molecule has 1 aromatic carbocycles. The highest BCUT2D eigenvalue weighted by Gasteiger charge is 2.15. The van der Waals surface area contributed by atoms with Crippen molar-refractivity contribution in [3.8, 4) is 5.75 Å². The third-order valence-electron chi connectivity index (χ3n) is 3.48. The van der Waals surface area contributed by atoms with Crippen LogP contribution in [0.5, 0.6) is 5.75 Å². The predicted octanol–water partition coefficient (Wildman–Crippen LogP) is 4.20. The summed E-state index contributed by atoms with van der Waals surface area (Å²) < 4.78 is 5.18. The number of thioether (sulfide) groups is 1. The van der Waals surface area contributed by atoms with Gasteiger partial charge >= 0.3 is 0 Å². The van der Waals surface area contributed by atoms with E-state index in [0.29, 0.717) is 6.04 Å². The summed E-state index contributed by atoms with van der Waals surface area (Å²) >= 11 is 1.92. The smallest absolute Gasteiger partial charge is 0.118 e. The molecule has 2 unspecified atom stereocenters. The molecule has 108 valence electrons. The van der Waals surface area contributed by atoms with Crippen LogP contribution in [-0.2, 0) is 0 Å². The highest BCUT2D eigenvalue weighted by molar-refractivity contribution is 7.99. The van der Waals surface area contributed by atoms with Gasteiger partial charge in [-0.15, -0.1) is 11.8 Å². The van der Waals surface area contributed by atoms with E-state index in [4.69, 9.17) is 4.74 Å². The Morgan fingerprint density at radius 2 is 1.89 bits per heavy atom. The van der Waals surface area contributed by atoms with Crippen LogP contribution in [0.25, 0.3) is 0 Å². The van der Waals surface area contributed by atoms with Gasteiger partial charge in [0.2, 0.25) is 0 Å². The van der Waals surface area contributed by atoms with Gasteiger partial charge in [-0.25, -0.2) is 0 Å². The zero-order valence-electron chi connectivity index (χ0n) is 12.6. The van der Waals surface area contributed by atoms with Crippen LogP contribution >= 0.6 is 11.8 Å². The summed E-state index contributed by atoms with van der Waals surface area (Å²) in [6.45, 7) is 7.93. The topological polar surface area (TPSA) is 21.3 Å². The second kappa shape index (κ2) is 9.27. The molecule has 0 aromatic heterocycles. The average Bonchev–Trinajstić information content (AvgIpc) is 2.47. The van der Waals surface area contributed by atoms with Crippen molar-refractivity contribution in [3.63, 3.8) is 0 Å². The number of rotatable bonds is 9. The highest BCUT2D eigenvalue weighted by atomic mass is 32.2. The van der Waals surface area contributed by atoms with E-state index in [0.717, 1.165) is 24.0 Å². The van der Waals surface area contributed by atoms with Crippen molar-refractivity contribution >= 4 is 11.8 Å². The third kappa shape index (κ3) is 5.87. The molecule has 2 atom stereocenters. The molecular formula is C16H27NOS. The van der Waals surface area contributed by atoms with Gasteiger partial charge in [-0.2, -0.15) is 0 Å². The van der Waals surface area contributed by atoms with Crippen molar-refractivity contribution < 1.29 is 4.74 Å². The van der Waals surface area contributed by atoms with Gasteiger partial charge in [0, 0.05) is 16.7 Å². The van der Waals surface area contributed by atoms with Crippen LogP contribution < -0.4 is 10.1 Å². The monoisotopic (exact) mass is 281 g/mol. The standard InChI is InChI=1S/C16H27NOS/c1-5-11-17-16(13(3)6-2)12-19-15-9-7-14(18-4)8-10-15/h7-10,13,16-17H,5-6,11-12H2,1-4H3. The van der Waals surface area contributed by atoms with Gasteiger partial charge in [0.25, 0.3) is 0 Å². The van der Waals surface area contributed by atoms with Gasteiger partial charge in [-0.05, 0) is 43.1 Å². The number of ether oxygens (including phenoxy) is 1. The van der Waals surface area contributed by atoms with Gasteiger partial charge in [-0.3, -0.25) is 0 Å². The average molecular weight is 281 g/mol. The molecule has 0 radical (unpaired) electrons. The van der Waals surface area contributed by atoms with Crippen LogP contribution in [-0.4, -0.2) is 25.4 Å². The summed E-state index contributed by atoms with van der Waals surface area (Å²) in [5.41, 5.74) is 0. The third-order valence-corrected chi connectivity index (χ3v) is 4.61. The fraction of sp³-hybridized carbons (Fsp3) is 0.625. The molecule has 0 amide bonds. The Balaban J connectivity index is 2.49. The minimum absolute atomic E-state index is 0.594. The van der Waals surface area contributed by atoms with E-state index in [1.807, 2.05) is 23.9 Å². The minimum Gasteiger partial charge on any atom is -0.497 e. The molecule has 0 spiro atoms. The van der Waals surface area contributed by atoms with E-state index < -0.39 is 0 Å². The molecule has 1 N–H and O–H groups in total. The van der Waals surface area contributed by atoms with Gasteiger partial charge in [0.1, 0.15) is 5.75 Å². The first-order valence-electron chi connectivity index (χ1n) is 7.21. The normalized spacial score (nSPS) is 14.1. The molecule has 3 heteroatoms. The first kappa shape index (κ1) is 16.4. The minimum atomic E-state index is 0.594. The maximum absolute atomic E-state index is 5.18. The van der Waals surface area contributed by atoms with Gasteiger partial charge in [0.15, 0.2) is 0 Å². The van der Waals surface area contributed by atoms with Crippen molar-refractivity contribution in [2.75, 3.05) is 19.4 Å². The first-order chi connectivity index (χ1) is 9.21. The molecule has 1 aromatic rings. The predicted molar refractivity (Wildman–Crippen MR) is 85.3 cm³/mol. The summed E-state index contributed by atoms with van der Waals surface area (Å²) in [6.07, 6.45) is 2.42. The van der Waals surface area contributed by atoms with Crippen LogP contribution in [0.4, 0.5) is 0 Å². The molecule has 19 heavy (non-hydrogen) atoms. The molecule has 0 heterocycles. The molecule has 0 fully saturated rings. The first-order valence-corrected chi connectivity index (χ1v) is 8.20. The fourth-order valence-electron chi connectivity index (χ4n) is 1.90. The zero-order chi connectivity index (χ0) is 14.1.